The van der Waals surface area contributed by atoms with Crippen molar-refractivity contribution in [2.24, 2.45) is 21.1 Å². The summed E-state index contributed by atoms with van der Waals surface area (Å²) in [7, 11) is 4.60. The predicted octanol–water partition coefficient (Wildman–Crippen LogP) is -0.378. The Kier molecular flexibility index (Phi) is 3.45. The summed E-state index contributed by atoms with van der Waals surface area (Å²) in [5.74, 6) is 0. The number of rotatable bonds is 0. The van der Waals surface area contributed by atoms with Gasteiger partial charge in [-0.3, -0.25) is 13.9 Å². The van der Waals surface area contributed by atoms with Crippen molar-refractivity contribution < 1.29 is 21.1 Å². The molecule has 6 nitrogen and oxygen atoms in total. The molecule has 2 aromatic heterocycles. The fourth-order valence-corrected chi connectivity index (χ4v) is 1.66. The summed E-state index contributed by atoms with van der Waals surface area (Å²) in [6, 6.07) is 0. The molecule has 0 amide bonds. The zero-order valence-electron chi connectivity index (χ0n) is 8.80. The molecule has 8 heteroatoms. The summed E-state index contributed by atoms with van der Waals surface area (Å²) < 4.78 is 3.78. The molecule has 0 spiro atoms. The van der Waals surface area contributed by atoms with E-state index >= 15 is 0 Å². The van der Waals surface area contributed by atoms with Crippen LogP contribution in [0.15, 0.2) is 9.59 Å². The third kappa shape index (κ3) is 1.56. The van der Waals surface area contributed by atoms with Gasteiger partial charge >= 0.3 is 5.69 Å². The van der Waals surface area contributed by atoms with Crippen molar-refractivity contribution in [2.75, 3.05) is 0 Å². The second-order valence-electron chi connectivity index (χ2n) is 3.32. The third-order valence-corrected chi connectivity index (χ3v) is 2.76. The molecule has 0 aliphatic rings. The average molecular weight is 424 g/mol. The molecule has 0 aliphatic heterocycles. The van der Waals surface area contributed by atoms with Gasteiger partial charge in [0.1, 0.15) is 0 Å². The molecular weight excluding hydrogens is 415 g/mol. The van der Waals surface area contributed by atoms with Crippen molar-refractivity contribution in [1.29, 1.82) is 0 Å². The van der Waals surface area contributed by atoms with E-state index in [4.69, 9.17) is 11.6 Å². The van der Waals surface area contributed by atoms with Gasteiger partial charge in [-0.2, -0.15) is 4.98 Å². The number of imidazole rings is 1. The molecule has 0 N–H and O–H groups in total. The standard InChI is InChI=1S/C8H9ClN4O2.Pt/c1-11-4-5(10-7(11)9)12(2)8(15)13(3)6(4)14;/h1-3H3;. The van der Waals surface area contributed by atoms with Gasteiger partial charge < -0.3 is 4.57 Å². The minimum atomic E-state index is -0.415. The monoisotopic (exact) mass is 423 g/mol. The van der Waals surface area contributed by atoms with Crippen LogP contribution in [0.1, 0.15) is 0 Å². The Balaban J connectivity index is 0.00000128. The predicted molar refractivity (Wildman–Crippen MR) is 56.2 cm³/mol. The first kappa shape index (κ1) is 13.2. The molecule has 2 aromatic rings. The number of aryl methyl sites for hydroxylation is 2. The van der Waals surface area contributed by atoms with Gasteiger partial charge in [0.2, 0.25) is 5.28 Å². The summed E-state index contributed by atoms with van der Waals surface area (Å²) in [5, 5.41) is 0.184. The van der Waals surface area contributed by atoms with Crippen molar-refractivity contribution in [1.82, 2.24) is 18.7 Å². The number of aromatic nitrogens is 4. The van der Waals surface area contributed by atoms with Crippen LogP contribution in [0.3, 0.4) is 0 Å². The van der Waals surface area contributed by atoms with E-state index in [1.807, 2.05) is 0 Å². The molecule has 90 valence electrons. The SMILES string of the molecule is Cn1c(=O)c2c(nc(Cl)n2C)n(C)c1=O.[Pt]. The van der Waals surface area contributed by atoms with Gasteiger partial charge in [-0.15, -0.1) is 0 Å². The normalized spacial score (nSPS) is 10.5. The fraction of sp³-hybridized carbons (Fsp3) is 0.375. The Morgan fingerprint density at radius 3 is 2.19 bits per heavy atom. The number of hydrogen-bond acceptors (Lipinski definition) is 3. The quantitative estimate of drug-likeness (QED) is 0.543. The van der Waals surface area contributed by atoms with Crippen LogP contribution in [0.5, 0.6) is 0 Å². The maximum absolute atomic E-state index is 11.8. The Morgan fingerprint density at radius 2 is 1.62 bits per heavy atom. The van der Waals surface area contributed by atoms with Crippen LogP contribution in [-0.4, -0.2) is 18.7 Å². The van der Waals surface area contributed by atoms with Gasteiger partial charge in [-0.1, -0.05) is 0 Å². The molecule has 0 aromatic carbocycles. The van der Waals surface area contributed by atoms with E-state index in [2.05, 4.69) is 4.98 Å². The Hall–Kier alpha value is -0.872. The molecule has 0 aliphatic carbocycles. The van der Waals surface area contributed by atoms with E-state index in [1.54, 1.807) is 14.1 Å². The number of nitrogens with zero attached hydrogens (tertiary/aromatic N) is 4. The average Bonchev–Trinajstić information content (AvgIpc) is 2.50. The van der Waals surface area contributed by atoms with E-state index in [1.165, 1.54) is 16.2 Å². The van der Waals surface area contributed by atoms with Gasteiger partial charge in [-0.05, 0) is 11.6 Å². The van der Waals surface area contributed by atoms with E-state index < -0.39 is 11.2 Å². The Labute approximate surface area is 110 Å². The third-order valence-electron chi connectivity index (χ3n) is 2.42. The fourth-order valence-electron chi connectivity index (χ4n) is 1.49. The van der Waals surface area contributed by atoms with Gasteiger partial charge in [0, 0.05) is 42.2 Å². The van der Waals surface area contributed by atoms with Crippen LogP contribution in [0.25, 0.3) is 11.2 Å². The number of hydrogen-bond donors (Lipinski definition) is 0. The topological polar surface area (TPSA) is 61.8 Å². The summed E-state index contributed by atoms with van der Waals surface area (Å²) in [5.41, 5.74) is -0.183. The van der Waals surface area contributed by atoms with E-state index in [-0.39, 0.29) is 26.3 Å². The van der Waals surface area contributed by atoms with Crippen molar-refractivity contribution in [3.63, 3.8) is 0 Å². The molecule has 0 saturated carbocycles. The summed E-state index contributed by atoms with van der Waals surface area (Å²) in [4.78, 5) is 27.3. The maximum atomic E-state index is 11.8. The molecule has 0 saturated heterocycles. The largest absolute Gasteiger partial charge is 0.332 e. The summed E-state index contributed by atoms with van der Waals surface area (Å²) >= 11 is 5.79. The van der Waals surface area contributed by atoms with Crippen LogP contribution in [-0.2, 0) is 42.2 Å². The second kappa shape index (κ2) is 4.18. The summed E-state index contributed by atoms with van der Waals surface area (Å²) in [6.07, 6.45) is 0. The van der Waals surface area contributed by atoms with Gasteiger partial charge in [0.25, 0.3) is 5.56 Å². The zero-order chi connectivity index (χ0) is 11.3. The molecule has 2 rings (SSSR count). The van der Waals surface area contributed by atoms with Crippen molar-refractivity contribution in [3.8, 4) is 0 Å². The van der Waals surface area contributed by atoms with Crippen molar-refractivity contribution in [2.45, 2.75) is 0 Å². The van der Waals surface area contributed by atoms with Gasteiger partial charge in [0.15, 0.2) is 11.2 Å². The van der Waals surface area contributed by atoms with E-state index in [0.717, 1.165) is 4.57 Å². The minimum Gasteiger partial charge on any atom is -0.312 e. The van der Waals surface area contributed by atoms with Gasteiger partial charge in [0.05, 0.1) is 0 Å². The first-order valence-electron chi connectivity index (χ1n) is 4.23. The minimum absolute atomic E-state index is 0. The van der Waals surface area contributed by atoms with Crippen molar-refractivity contribution >= 4 is 22.8 Å². The molecule has 2 heterocycles. The Morgan fingerprint density at radius 1 is 1.06 bits per heavy atom. The van der Waals surface area contributed by atoms with Crippen LogP contribution >= 0.6 is 11.6 Å². The molecule has 0 atom stereocenters. The molecule has 0 unspecified atom stereocenters. The molecule has 0 radical (unpaired) electrons. The van der Waals surface area contributed by atoms with Gasteiger partial charge in [-0.25, -0.2) is 4.79 Å². The number of halogens is 1. The van der Waals surface area contributed by atoms with Crippen LogP contribution < -0.4 is 11.2 Å². The zero-order valence-corrected chi connectivity index (χ0v) is 11.8. The first-order chi connectivity index (χ1) is 6.95. The van der Waals surface area contributed by atoms with E-state index in [9.17, 15) is 9.59 Å². The number of fused-ring (bicyclic) bond motifs is 1. The van der Waals surface area contributed by atoms with Crippen molar-refractivity contribution in [3.05, 3.63) is 26.1 Å². The molecule has 16 heavy (non-hydrogen) atoms. The van der Waals surface area contributed by atoms with Crippen LogP contribution in [0, 0.1) is 0 Å². The van der Waals surface area contributed by atoms with E-state index in [0.29, 0.717) is 11.2 Å². The summed E-state index contributed by atoms with van der Waals surface area (Å²) in [6.45, 7) is 0. The molecular formula is C8H9ClN4O2Pt. The smallest absolute Gasteiger partial charge is 0.312 e. The maximum Gasteiger partial charge on any atom is 0.332 e. The second-order valence-corrected chi connectivity index (χ2v) is 3.66. The Bertz CT molecular complexity index is 669. The first-order valence-corrected chi connectivity index (χ1v) is 4.61. The van der Waals surface area contributed by atoms with Crippen LogP contribution in [0.2, 0.25) is 5.28 Å². The van der Waals surface area contributed by atoms with Crippen LogP contribution in [0.4, 0.5) is 0 Å². The molecule has 0 fully saturated rings. The molecule has 0 bridgehead atoms.